The van der Waals surface area contributed by atoms with Gasteiger partial charge in [-0.15, -0.1) is 11.6 Å². The molecule has 0 atom stereocenters. The zero-order valence-electron chi connectivity index (χ0n) is 28.6. The summed E-state index contributed by atoms with van der Waals surface area (Å²) < 4.78 is 1.80. The number of aryl methyl sites for hydroxylation is 1. The standard InChI is InChI=1S/C25H25.C10H15.C6H10.2ClH.Zr/c1-14-12-24(3,4)22-8-16-7-17-9-23-19(15(2)13-25(23,5)6)11-21(17)20(16)10-18(14)22;1-8-5-6-9(7-8)10(2,3)4;1-2-4-6-5-3-1;;;/h8-12H,7H2,1-6H3;5-7H,1-4H3;1-5H2;2*1H;/q2*-1;;;;+2/p-2. The molecule has 0 amide bonds. The van der Waals surface area contributed by atoms with Gasteiger partial charge in [-0.1, -0.05) is 91.4 Å². The summed E-state index contributed by atoms with van der Waals surface area (Å²) in [5.41, 5.74) is 17.7. The van der Waals surface area contributed by atoms with E-state index < -0.39 is 0 Å². The van der Waals surface area contributed by atoms with Crippen molar-refractivity contribution in [2.75, 3.05) is 0 Å². The minimum atomic E-state index is 0. The van der Waals surface area contributed by atoms with Crippen molar-refractivity contribution < 1.29 is 49.0 Å². The monoisotopic (exact) mass is 702 g/mol. The molecule has 3 aromatic rings. The fraction of sp³-hybridized carbons (Fsp3) is 0.463. The molecule has 0 radical (unpaired) electrons. The first-order chi connectivity index (χ1) is 19.6. The van der Waals surface area contributed by atoms with Crippen LogP contribution in [0.2, 0.25) is 0 Å². The van der Waals surface area contributed by atoms with E-state index in [1.54, 1.807) is 27.4 Å². The third kappa shape index (κ3) is 7.59. The van der Waals surface area contributed by atoms with E-state index in [2.05, 4.69) is 124 Å². The van der Waals surface area contributed by atoms with Crippen molar-refractivity contribution in [1.82, 2.24) is 0 Å². The summed E-state index contributed by atoms with van der Waals surface area (Å²) >= 11 is 1.69. The van der Waals surface area contributed by atoms with Gasteiger partial charge < -0.3 is 24.8 Å². The van der Waals surface area contributed by atoms with Crippen molar-refractivity contribution in [3.8, 4) is 11.1 Å². The van der Waals surface area contributed by atoms with E-state index in [9.17, 15) is 0 Å². The topological polar surface area (TPSA) is 0 Å². The number of benzene rings is 2. The molecule has 1 fully saturated rings. The van der Waals surface area contributed by atoms with Crippen molar-refractivity contribution in [3.05, 3.63) is 99.1 Å². The van der Waals surface area contributed by atoms with E-state index in [4.69, 9.17) is 0 Å². The fourth-order valence-electron chi connectivity index (χ4n) is 7.28. The van der Waals surface area contributed by atoms with Gasteiger partial charge in [0.15, 0.2) is 0 Å². The second kappa shape index (κ2) is 13.8. The molecule has 7 rings (SSSR count). The molecule has 44 heavy (non-hydrogen) atoms. The van der Waals surface area contributed by atoms with Gasteiger partial charge in [-0.25, -0.2) is 11.6 Å². The van der Waals surface area contributed by atoms with E-state index in [-0.39, 0.29) is 35.6 Å². The first-order valence-corrected chi connectivity index (χ1v) is 17.3. The maximum absolute atomic E-state index is 3.65. The number of hydrogen-bond donors (Lipinski definition) is 0. The van der Waals surface area contributed by atoms with Crippen LogP contribution in [-0.4, -0.2) is 3.21 Å². The van der Waals surface area contributed by atoms with Crippen LogP contribution in [0.15, 0.2) is 48.5 Å². The summed E-state index contributed by atoms with van der Waals surface area (Å²) in [7, 11) is 0. The van der Waals surface area contributed by atoms with Gasteiger partial charge in [0.25, 0.3) is 0 Å². The quantitative estimate of drug-likeness (QED) is 0.223. The molecule has 0 heterocycles. The predicted octanol–water partition coefficient (Wildman–Crippen LogP) is 5.14. The average molecular weight is 705 g/mol. The van der Waals surface area contributed by atoms with Gasteiger partial charge >= 0.3 is 59.5 Å². The van der Waals surface area contributed by atoms with Crippen molar-refractivity contribution in [3.63, 3.8) is 0 Å². The van der Waals surface area contributed by atoms with Crippen LogP contribution in [0.1, 0.15) is 139 Å². The molecule has 0 aliphatic heterocycles. The van der Waals surface area contributed by atoms with Crippen LogP contribution in [0.3, 0.4) is 0 Å². The van der Waals surface area contributed by atoms with Crippen molar-refractivity contribution in [1.29, 1.82) is 0 Å². The van der Waals surface area contributed by atoms with Gasteiger partial charge in [-0.3, -0.25) is 6.08 Å². The number of allylic oxidation sites excluding steroid dienone is 4. The molecule has 0 N–H and O–H groups in total. The molecular weight excluding hydrogens is 655 g/mol. The van der Waals surface area contributed by atoms with E-state index >= 15 is 0 Å². The summed E-state index contributed by atoms with van der Waals surface area (Å²) in [5, 5.41) is 0. The molecule has 1 saturated carbocycles. The molecule has 0 saturated heterocycles. The van der Waals surface area contributed by atoms with Crippen LogP contribution >= 0.6 is 0 Å². The van der Waals surface area contributed by atoms with Gasteiger partial charge in [0.1, 0.15) is 0 Å². The third-order valence-electron chi connectivity index (χ3n) is 9.66. The molecule has 3 heteroatoms. The van der Waals surface area contributed by atoms with E-state index in [1.807, 2.05) is 0 Å². The summed E-state index contributed by atoms with van der Waals surface area (Å²) in [6.07, 6.45) is 14.4. The summed E-state index contributed by atoms with van der Waals surface area (Å²) in [6.45, 7) is 22.5. The van der Waals surface area contributed by atoms with Crippen LogP contribution in [0, 0.1) is 13.0 Å². The zero-order valence-corrected chi connectivity index (χ0v) is 32.6. The van der Waals surface area contributed by atoms with Crippen molar-refractivity contribution in [2.45, 2.75) is 124 Å². The molecule has 0 unspecified atom stereocenters. The minimum absolute atomic E-state index is 0. The zero-order chi connectivity index (χ0) is 30.6. The van der Waals surface area contributed by atoms with E-state index in [0.29, 0.717) is 5.41 Å². The Morgan fingerprint density at radius 2 is 1.32 bits per heavy atom. The predicted molar refractivity (Wildman–Crippen MR) is 180 cm³/mol. The van der Waals surface area contributed by atoms with Crippen LogP contribution in [-0.2, 0) is 46.9 Å². The summed E-state index contributed by atoms with van der Waals surface area (Å²) in [4.78, 5) is 0. The Bertz CT molecular complexity index is 1510. The van der Waals surface area contributed by atoms with Gasteiger partial charge in [0.2, 0.25) is 0 Å². The van der Waals surface area contributed by atoms with Crippen molar-refractivity contribution >= 4 is 14.4 Å². The fourth-order valence-corrected chi connectivity index (χ4v) is 8.15. The number of halogens is 2. The molecule has 4 aliphatic carbocycles. The van der Waals surface area contributed by atoms with Crippen molar-refractivity contribution in [2.24, 2.45) is 0 Å². The molecule has 4 aliphatic rings. The van der Waals surface area contributed by atoms with Gasteiger partial charge in [0.05, 0.1) is 0 Å². The Balaban J connectivity index is 0.000000231. The normalized spacial score (nSPS) is 18.0. The molecule has 3 aromatic carbocycles. The van der Waals surface area contributed by atoms with Crippen LogP contribution < -0.4 is 24.8 Å². The number of hydrogen-bond acceptors (Lipinski definition) is 0. The maximum atomic E-state index is 3.65. The molecule has 0 nitrogen and oxygen atoms in total. The van der Waals surface area contributed by atoms with Crippen LogP contribution in [0.5, 0.6) is 0 Å². The molecule has 0 bridgehead atoms. The second-order valence-corrected chi connectivity index (χ2v) is 17.0. The molecule has 234 valence electrons. The molecule has 0 aromatic heterocycles. The second-order valence-electron chi connectivity index (χ2n) is 15.3. The van der Waals surface area contributed by atoms with Gasteiger partial charge in [0, 0.05) is 5.41 Å². The van der Waals surface area contributed by atoms with Gasteiger partial charge in [-0.05, 0) is 58.4 Å². The summed E-state index contributed by atoms with van der Waals surface area (Å²) in [5.74, 6) is 0. The first-order valence-electron chi connectivity index (χ1n) is 16.0. The Hall–Kier alpha value is -1.40. The first kappa shape index (κ1) is 37.1. The Morgan fingerprint density at radius 1 is 0.750 bits per heavy atom. The van der Waals surface area contributed by atoms with E-state index in [1.165, 1.54) is 98.9 Å². The van der Waals surface area contributed by atoms with Crippen LogP contribution in [0.4, 0.5) is 0 Å². The van der Waals surface area contributed by atoms with Crippen LogP contribution in [0.25, 0.3) is 22.3 Å². The Morgan fingerprint density at radius 3 is 1.80 bits per heavy atom. The average Bonchev–Trinajstić information content (AvgIpc) is 3.61. The SMILES string of the molecule is CC1=[C-]C(C)(C)c2cc3c(cc21)-c1cc2c(cc1C3)C(C)(C)C=C2C.Cc1cc(C(C)(C)C)c[cH-]1.[Cl-].[Cl-].[Zr+2]=[C]1CCCCC1. The molecule has 0 spiro atoms. The number of fused-ring (bicyclic) bond motifs is 5. The Kier molecular flexibility index (Phi) is 11.6. The number of rotatable bonds is 0. The third-order valence-corrected chi connectivity index (χ3v) is 10.9. The summed E-state index contributed by atoms with van der Waals surface area (Å²) in [6, 6.07) is 16.4. The Labute approximate surface area is 295 Å². The van der Waals surface area contributed by atoms with E-state index in [0.717, 1.165) is 6.42 Å². The molecular formula is C41H50Cl2Zr-2. The van der Waals surface area contributed by atoms with Gasteiger partial charge in [-0.2, -0.15) is 28.8 Å².